The third kappa shape index (κ3) is 4.35. The minimum atomic E-state index is 0.631. The van der Waals surface area contributed by atoms with Gasteiger partial charge in [-0.1, -0.05) is 140 Å². The Morgan fingerprint density at radius 2 is 0.945 bits per heavy atom. The SMILES string of the molecule is c1ccc(-c2ccc(-n3c4c(ccc5oc6ccccc6c54)c4ccc5c6ccccc6n(-c6nc(-c7ccccc7)c7ccccc7n6)c5c43)cc2)cc1. The second-order valence-corrected chi connectivity index (χ2v) is 14.1. The summed E-state index contributed by atoms with van der Waals surface area (Å²) in [4.78, 5) is 10.8. The maximum atomic E-state index is 6.51. The number of fused-ring (bicyclic) bond motifs is 12. The largest absolute Gasteiger partial charge is 0.456 e. The van der Waals surface area contributed by atoms with Crippen molar-refractivity contribution in [1.82, 2.24) is 19.1 Å². The lowest BCUT2D eigenvalue weighted by atomic mass is 10.1. The summed E-state index contributed by atoms with van der Waals surface area (Å²) in [7, 11) is 0. The molecule has 0 aliphatic heterocycles. The monoisotopic (exact) mass is 702 g/mol. The Balaban J connectivity index is 1.27. The topological polar surface area (TPSA) is 48.8 Å². The molecule has 12 rings (SSSR count). The highest BCUT2D eigenvalue weighted by Crippen LogP contribution is 2.45. The van der Waals surface area contributed by atoms with E-state index in [1.165, 1.54) is 11.1 Å². The first-order chi connectivity index (χ1) is 27.3. The van der Waals surface area contributed by atoms with E-state index >= 15 is 0 Å². The Kier molecular flexibility index (Phi) is 6.27. The van der Waals surface area contributed by atoms with Crippen LogP contribution in [0, 0.1) is 0 Å². The Hall–Kier alpha value is -7.50. The molecule has 0 spiro atoms. The van der Waals surface area contributed by atoms with Crippen LogP contribution in [0.5, 0.6) is 0 Å². The summed E-state index contributed by atoms with van der Waals surface area (Å²) in [6.45, 7) is 0. The molecule has 5 nitrogen and oxygen atoms in total. The summed E-state index contributed by atoms with van der Waals surface area (Å²) >= 11 is 0. The number of nitrogens with zero attached hydrogens (tertiary/aromatic N) is 4. The molecule has 0 amide bonds. The van der Waals surface area contributed by atoms with E-state index in [0.717, 1.165) is 93.4 Å². The lowest BCUT2D eigenvalue weighted by Gasteiger charge is -2.14. The zero-order valence-electron chi connectivity index (χ0n) is 29.5. The van der Waals surface area contributed by atoms with Crippen LogP contribution >= 0.6 is 0 Å². The molecule has 4 aromatic heterocycles. The molecular weight excluding hydrogens is 673 g/mol. The Bertz CT molecular complexity index is 3470. The molecule has 12 aromatic rings. The highest BCUT2D eigenvalue weighted by molar-refractivity contribution is 6.29. The lowest BCUT2D eigenvalue weighted by Crippen LogP contribution is -2.04. The van der Waals surface area contributed by atoms with Crippen molar-refractivity contribution in [3.05, 3.63) is 182 Å². The standard InChI is InChI=1S/C50H30N4O/c1-3-13-31(14-4-1)32-23-25-34(26-24-32)53-47-37(29-30-44-45(47)40-19-9-12-22-43(40)55-44)38-28-27-36-35-17-8-11-21-42(35)54(49(36)48(38)53)50-51-41-20-10-7-18-39(41)46(52-50)33-15-5-2-6-16-33/h1-30H. The van der Waals surface area contributed by atoms with Crippen molar-refractivity contribution in [3.8, 4) is 34.0 Å². The van der Waals surface area contributed by atoms with Crippen LogP contribution in [0.4, 0.5) is 0 Å². The van der Waals surface area contributed by atoms with Gasteiger partial charge in [0.15, 0.2) is 0 Å². The maximum absolute atomic E-state index is 6.51. The third-order valence-electron chi connectivity index (χ3n) is 11.1. The summed E-state index contributed by atoms with van der Waals surface area (Å²) in [6, 6.07) is 64.1. The lowest BCUT2D eigenvalue weighted by molar-refractivity contribution is 0.669. The van der Waals surface area contributed by atoms with Crippen molar-refractivity contribution in [1.29, 1.82) is 0 Å². The fraction of sp³-hybridized carbons (Fsp3) is 0. The molecule has 0 bridgehead atoms. The number of para-hydroxylation sites is 3. The summed E-state index contributed by atoms with van der Waals surface area (Å²) in [5, 5.41) is 7.80. The van der Waals surface area contributed by atoms with Gasteiger partial charge in [-0.2, -0.15) is 0 Å². The average molecular weight is 703 g/mol. The molecule has 0 aliphatic rings. The van der Waals surface area contributed by atoms with Gasteiger partial charge in [0.05, 0.1) is 38.7 Å². The molecule has 0 fully saturated rings. The van der Waals surface area contributed by atoms with E-state index in [0.29, 0.717) is 5.95 Å². The minimum absolute atomic E-state index is 0.631. The highest BCUT2D eigenvalue weighted by Gasteiger charge is 2.25. The first-order valence-corrected chi connectivity index (χ1v) is 18.6. The molecule has 0 radical (unpaired) electrons. The van der Waals surface area contributed by atoms with Gasteiger partial charge >= 0.3 is 0 Å². The first-order valence-electron chi connectivity index (χ1n) is 18.6. The van der Waals surface area contributed by atoms with Crippen LogP contribution in [-0.4, -0.2) is 19.1 Å². The highest BCUT2D eigenvalue weighted by atomic mass is 16.3. The van der Waals surface area contributed by atoms with Crippen molar-refractivity contribution in [3.63, 3.8) is 0 Å². The molecule has 8 aromatic carbocycles. The summed E-state index contributed by atoms with van der Waals surface area (Å²) in [5.74, 6) is 0.631. The molecule has 55 heavy (non-hydrogen) atoms. The quantitative estimate of drug-likeness (QED) is 0.183. The van der Waals surface area contributed by atoms with E-state index in [2.05, 4.69) is 179 Å². The molecular formula is C50H30N4O. The van der Waals surface area contributed by atoms with E-state index in [-0.39, 0.29) is 0 Å². The fourth-order valence-corrected chi connectivity index (χ4v) is 8.72. The number of furan rings is 1. The summed E-state index contributed by atoms with van der Waals surface area (Å²) < 4.78 is 11.2. The van der Waals surface area contributed by atoms with Crippen molar-refractivity contribution >= 4 is 76.5 Å². The average Bonchev–Trinajstić information content (AvgIpc) is 3.92. The van der Waals surface area contributed by atoms with Gasteiger partial charge in [-0.25, -0.2) is 9.97 Å². The van der Waals surface area contributed by atoms with Gasteiger partial charge in [-0.3, -0.25) is 4.57 Å². The Labute approximate surface area is 315 Å². The number of hydrogen-bond donors (Lipinski definition) is 0. The van der Waals surface area contributed by atoms with Gasteiger partial charge in [-0.15, -0.1) is 0 Å². The minimum Gasteiger partial charge on any atom is -0.456 e. The van der Waals surface area contributed by atoms with Crippen LogP contribution < -0.4 is 0 Å². The normalized spacial score (nSPS) is 12.0. The van der Waals surface area contributed by atoms with Crippen LogP contribution in [-0.2, 0) is 0 Å². The van der Waals surface area contributed by atoms with E-state index in [4.69, 9.17) is 14.4 Å². The van der Waals surface area contributed by atoms with Gasteiger partial charge in [0.2, 0.25) is 5.95 Å². The third-order valence-corrected chi connectivity index (χ3v) is 11.1. The van der Waals surface area contributed by atoms with Crippen LogP contribution in [0.3, 0.4) is 0 Å². The molecule has 4 heterocycles. The number of benzene rings is 8. The van der Waals surface area contributed by atoms with E-state index < -0.39 is 0 Å². The van der Waals surface area contributed by atoms with Crippen LogP contribution in [0.15, 0.2) is 186 Å². The van der Waals surface area contributed by atoms with Crippen LogP contribution in [0.2, 0.25) is 0 Å². The fourth-order valence-electron chi connectivity index (χ4n) is 8.72. The smallest absolute Gasteiger partial charge is 0.235 e. The van der Waals surface area contributed by atoms with Crippen molar-refractivity contribution in [2.24, 2.45) is 0 Å². The molecule has 0 unspecified atom stereocenters. The summed E-state index contributed by atoms with van der Waals surface area (Å²) in [6.07, 6.45) is 0. The molecule has 5 heteroatoms. The van der Waals surface area contributed by atoms with Gasteiger partial charge in [0.25, 0.3) is 0 Å². The predicted octanol–water partition coefficient (Wildman–Crippen LogP) is 13.1. The molecule has 0 saturated carbocycles. The zero-order valence-corrected chi connectivity index (χ0v) is 29.5. The number of rotatable bonds is 4. The van der Waals surface area contributed by atoms with E-state index in [1.807, 2.05) is 12.1 Å². The van der Waals surface area contributed by atoms with Crippen LogP contribution in [0.25, 0.3) is 110 Å². The Morgan fingerprint density at radius 1 is 0.364 bits per heavy atom. The number of aromatic nitrogens is 4. The number of hydrogen-bond acceptors (Lipinski definition) is 3. The molecule has 0 saturated heterocycles. The van der Waals surface area contributed by atoms with Crippen LogP contribution in [0.1, 0.15) is 0 Å². The van der Waals surface area contributed by atoms with Gasteiger partial charge in [0, 0.05) is 43.6 Å². The molecule has 0 aliphatic carbocycles. The van der Waals surface area contributed by atoms with Crippen molar-refractivity contribution in [2.45, 2.75) is 0 Å². The Morgan fingerprint density at radius 3 is 1.75 bits per heavy atom. The zero-order chi connectivity index (χ0) is 36.0. The first kappa shape index (κ1) is 30.0. The second kappa shape index (κ2) is 11.5. The van der Waals surface area contributed by atoms with Crippen molar-refractivity contribution < 1.29 is 4.42 Å². The maximum Gasteiger partial charge on any atom is 0.235 e. The van der Waals surface area contributed by atoms with Gasteiger partial charge < -0.3 is 8.98 Å². The van der Waals surface area contributed by atoms with Crippen molar-refractivity contribution in [2.75, 3.05) is 0 Å². The summed E-state index contributed by atoms with van der Waals surface area (Å²) in [5.41, 5.74) is 12.3. The predicted molar refractivity (Wildman–Crippen MR) is 226 cm³/mol. The second-order valence-electron chi connectivity index (χ2n) is 14.1. The van der Waals surface area contributed by atoms with Gasteiger partial charge in [0.1, 0.15) is 11.2 Å². The van der Waals surface area contributed by atoms with Gasteiger partial charge in [-0.05, 0) is 53.6 Å². The van der Waals surface area contributed by atoms with E-state index in [1.54, 1.807) is 0 Å². The molecule has 256 valence electrons. The molecule has 0 atom stereocenters. The molecule has 0 N–H and O–H groups in total. The van der Waals surface area contributed by atoms with E-state index in [9.17, 15) is 0 Å².